The van der Waals surface area contributed by atoms with Crippen LogP contribution in [-0.4, -0.2) is 53.3 Å². The monoisotopic (exact) mass is 465 g/mol. The summed E-state index contributed by atoms with van der Waals surface area (Å²) in [6.45, 7) is 5.29. The van der Waals surface area contributed by atoms with Gasteiger partial charge in [-0.05, 0) is 35.7 Å². The van der Waals surface area contributed by atoms with Crippen LogP contribution >= 0.6 is 0 Å². The number of allylic oxidation sites excluding steroid dienone is 1. The first-order valence-corrected chi connectivity index (χ1v) is 9.93. The zero-order valence-corrected chi connectivity index (χ0v) is 18.6. The van der Waals surface area contributed by atoms with Gasteiger partial charge < -0.3 is 25.9 Å². The molecule has 178 valence electrons. The summed E-state index contributed by atoms with van der Waals surface area (Å²) < 4.78 is 41.2. The van der Waals surface area contributed by atoms with E-state index in [-0.39, 0.29) is 29.4 Å². The van der Waals surface area contributed by atoms with Gasteiger partial charge in [0, 0.05) is 25.0 Å². The first-order chi connectivity index (χ1) is 15.4. The highest BCUT2D eigenvalue weighted by molar-refractivity contribution is 6.07. The molecule has 0 saturated heterocycles. The van der Waals surface area contributed by atoms with E-state index in [4.69, 9.17) is 5.41 Å². The summed E-state index contributed by atoms with van der Waals surface area (Å²) in [6.07, 6.45) is -2.34. The lowest BCUT2D eigenvalue weighted by Crippen LogP contribution is -2.46. The fraction of sp³-hybridized carbons (Fsp3) is 0.364. The number of alkyl halides is 3. The Morgan fingerprint density at radius 1 is 1.21 bits per heavy atom. The lowest BCUT2D eigenvalue weighted by molar-refractivity contribution is -0.274. The highest BCUT2D eigenvalue weighted by Crippen LogP contribution is 2.27. The maximum Gasteiger partial charge on any atom is 0.573 e. The number of aliphatic hydroxyl groups is 1. The van der Waals surface area contributed by atoms with E-state index < -0.39 is 29.5 Å². The largest absolute Gasteiger partial charge is 0.573 e. The normalized spacial score (nSPS) is 13.3. The van der Waals surface area contributed by atoms with Crippen molar-refractivity contribution in [3.05, 3.63) is 48.1 Å². The zero-order chi connectivity index (χ0) is 24.8. The van der Waals surface area contributed by atoms with Crippen LogP contribution in [0.3, 0.4) is 0 Å². The highest BCUT2D eigenvalue weighted by Gasteiger charge is 2.31. The number of nitrogens with zero attached hydrogens (tertiary/aromatic N) is 2. The van der Waals surface area contributed by atoms with Crippen LogP contribution in [-0.2, 0) is 0 Å². The molecular formula is C22H26F3N5O3. The van der Waals surface area contributed by atoms with Crippen molar-refractivity contribution in [2.75, 3.05) is 13.7 Å². The minimum Gasteiger partial charge on any atom is -0.406 e. The molecule has 8 nitrogen and oxygen atoms in total. The minimum absolute atomic E-state index is 0.0304. The summed E-state index contributed by atoms with van der Waals surface area (Å²) in [7, 11) is 1.62. The van der Waals surface area contributed by atoms with E-state index in [0.29, 0.717) is 5.56 Å². The molecule has 0 aliphatic carbocycles. The molecule has 1 aromatic carbocycles. The number of benzene rings is 1. The molecule has 0 aliphatic rings. The molecule has 0 aliphatic heterocycles. The third kappa shape index (κ3) is 7.28. The predicted molar refractivity (Wildman–Crippen MR) is 118 cm³/mol. The number of ether oxygens (including phenoxy) is 1. The summed E-state index contributed by atoms with van der Waals surface area (Å²) in [4.78, 5) is 21.5. The number of nitrogens with one attached hydrogen (secondary N) is 3. The maximum absolute atomic E-state index is 12.9. The van der Waals surface area contributed by atoms with Crippen LogP contribution in [0.25, 0.3) is 16.8 Å². The molecule has 0 saturated carbocycles. The number of carbonyl (C=O) groups excluding carboxylic acids is 1. The Labute approximate surface area is 189 Å². The van der Waals surface area contributed by atoms with Gasteiger partial charge in [-0.25, -0.2) is 9.97 Å². The van der Waals surface area contributed by atoms with Crippen LogP contribution in [0.1, 0.15) is 37.1 Å². The summed E-state index contributed by atoms with van der Waals surface area (Å²) in [5, 5.41) is 22.8. The zero-order valence-electron chi connectivity index (χ0n) is 18.6. The average Bonchev–Trinajstić information content (AvgIpc) is 2.73. The number of aliphatic hydroxyl groups excluding tert-OH is 1. The van der Waals surface area contributed by atoms with Crippen LogP contribution < -0.4 is 15.4 Å². The van der Waals surface area contributed by atoms with Crippen molar-refractivity contribution < 1.29 is 27.8 Å². The first-order valence-electron chi connectivity index (χ1n) is 9.93. The van der Waals surface area contributed by atoms with E-state index in [9.17, 15) is 23.1 Å². The number of hydrogen-bond donors (Lipinski definition) is 4. The SMILES string of the molecule is CN/C=C(\C=N)c1nc(C(=O)N[C@H](CO)C(C)(C)C)cc(-c2ccc(OC(F)(F)F)cc2)n1. The second-order valence-electron chi connectivity index (χ2n) is 8.14. The second-order valence-corrected chi connectivity index (χ2v) is 8.14. The van der Waals surface area contributed by atoms with Gasteiger partial charge in [0.05, 0.1) is 23.9 Å². The molecule has 0 bridgehead atoms. The van der Waals surface area contributed by atoms with Crippen LogP contribution in [0.2, 0.25) is 0 Å². The van der Waals surface area contributed by atoms with Crippen molar-refractivity contribution in [3.63, 3.8) is 0 Å². The van der Waals surface area contributed by atoms with Crippen LogP contribution in [0, 0.1) is 10.8 Å². The number of hydrogen-bond acceptors (Lipinski definition) is 7. The van der Waals surface area contributed by atoms with E-state index in [1.165, 1.54) is 24.4 Å². The van der Waals surface area contributed by atoms with E-state index in [1.807, 2.05) is 20.8 Å². The number of amides is 1. The Bertz CT molecular complexity index is 1020. The summed E-state index contributed by atoms with van der Waals surface area (Å²) in [6, 6.07) is 5.83. The van der Waals surface area contributed by atoms with Gasteiger partial charge in [0.1, 0.15) is 11.4 Å². The van der Waals surface area contributed by atoms with Crippen molar-refractivity contribution in [2.45, 2.75) is 33.2 Å². The average molecular weight is 465 g/mol. The van der Waals surface area contributed by atoms with Crippen molar-refractivity contribution in [1.29, 1.82) is 5.41 Å². The van der Waals surface area contributed by atoms with Crippen LogP contribution in [0.5, 0.6) is 5.75 Å². The molecule has 2 rings (SSSR count). The molecular weight excluding hydrogens is 439 g/mol. The summed E-state index contributed by atoms with van der Waals surface area (Å²) >= 11 is 0. The van der Waals surface area contributed by atoms with Gasteiger partial charge in [0.2, 0.25) is 0 Å². The molecule has 4 N–H and O–H groups in total. The van der Waals surface area contributed by atoms with Gasteiger partial charge in [0.15, 0.2) is 5.82 Å². The smallest absolute Gasteiger partial charge is 0.406 e. The molecule has 1 heterocycles. The van der Waals surface area contributed by atoms with E-state index in [0.717, 1.165) is 18.3 Å². The Hall–Kier alpha value is -3.47. The molecule has 2 aromatic rings. The van der Waals surface area contributed by atoms with E-state index in [1.54, 1.807) is 7.05 Å². The molecule has 0 unspecified atom stereocenters. The lowest BCUT2D eigenvalue weighted by atomic mass is 9.87. The van der Waals surface area contributed by atoms with Crippen molar-refractivity contribution in [1.82, 2.24) is 20.6 Å². The Balaban J connectivity index is 2.51. The van der Waals surface area contributed by atoms with Crippen LogP contribution in [0.15, 0.2) is 36.5 Å². The number of rotatable bonds is 8. The molecule has 0 fully saturated rings. The molecule has 1 amide bonds. The lowest BCUT2D eigenvalue weighted by Gasteiger charge is -2.29. The van der Waals surface area contributed by atoms with Gasteiger partial charge in [-0.15, -0.1) is 13.2 Å². The molecule has 0 spiro atoms. The third-order valence-electron chi connectivity index (χ3n) is 4.59. The molecule has 0 radical (unpaired) electrons. The van der Waals surface area contributed by atoms with Gasteiger partial charge in [0.25, 0.3) is 5.91 Å². The molecule has 1 aromatic heterocycles. The molecule has 11 heteroatoms. The second kappa shape index (κ2) is 10.4. The van der Waals surface area contributed by atoms with Gasteiger partial charge >= 0.3 is 6.36 Å². The quantitative estimate of drug-likeness (QED) is 0.444. The van der Waals surface area contributed by atoms with Crippen molar-refractivity contribution >= 4 is 17.7 Å². The van der Waals surface area contributed by atoms with Crippen molar-refractivity contribution in [2.24, 2.45) is 5.41 Å². The number of carbonyl (C=O) groups is 1. The van der Waals surface area contributed by atoms with Gasteiger partial charge in [-0.3, -0.25) is 4.79 Å². The maximum atomic E-state index is 12.9. The van der Waals surface area contributed by atoms with E-state index in [2.05, 4.69) is 25.3 Å². The first kappa shape index (κ1) is 25.8. The van der Waals surface area contributed by atoms with Gasteiger partial charge in [-0.1, -0.05) is 20.8 Å². The third-order valence-corrected chi connectivity index (χ3v) is 4.59. The number of halogens is 3. The van der Waals surface area contributed by atoms with E-state index >= 15 is 0 Å². The Kier molecular flexibility index (Phi) is 8.15. The van der Waals surface area contributed by atoms with Crippen molar-refractivity contribution in [3.8, 4) is 17.0 Å². The minimum atomic E-state index is -4.82. The van der Waals surface area contributed by atoms with Gasteiger partial charge in [-0.2, -0.15) is 0 Å². The molecule has 33 heavy (non-hydrogen) atoms. The Morgan fingerprint density at radius 3 is 2.33 bits per heavy atom. The molecule has 1 atom stereocenters. The van der Waals surface area contributed by atoms with Crippen LogP contribution in [0.4, 0.5) is 13.2 Å². The Morgan fingerprint density at radius 2 is 1.85 bits per heavy atom. The topological polar surface area (TPSA) is 120 Å². The fourth-order valence-electron chi connectivity index (χ4n) is 2.76. The standard InChI is InChI=1S/C22H26F3N5O3/c1-21(2,3)18(12-31)30-20(32)17-9-16(28-19(29-17)14(10-26)11-27-4)13-5-7-15(8-6-13)33-22(23,24)25/h5-11,18,26-27,31H,12H2,1-4H3,(H,30,32)/b14-11+,26-10?/t18-/m1/s1. The summed E-state index contributed by atoms with van der Waals surface area (Å²) in [5.74, 6) is -0.904. The highest BCUT2D eigenvalue weighted by atomic mass is 19.4. The number of aromatic nitrogens is 2. The summed E-state index contributed by atoms with van der Waals surface area (Å²) in [5.41, 5.74) is 0.482. The predicted octanol–water partition coefficient (Wildman–Crippen LogP) is 3.39. The fourth-order valence-corrected chi connectivity index (χ4v) is 2.76.